The van der Waals surface area contributed by atoms with E-state index < -0.39 is 109 Å². The molecule has 4 amide bonds. The van der Waals surface area contributed by atoms with Crippen LogP contribution in [0.5, 0.6) is 0 Å². The van der Waals surface area contributed by atoms with Gasteiger partial charge in [-0.25, -0.2) is 9.13 Å². The quantitative estimate of drug-likeness (QED) is 0.00700. The topological polar surface area (TPSA) is 339 Å². The van der Waals surface area contributed by atoms with Gasteiger partial charge in [0, 0.05) is 39.1 Å². The van der Waals surface area contributed by atoms with Gasteiger partial charge in [0.2, 0.25) is 23.6 Å². The average molecular weight is 1610 g/mol. The number of ether oxygens (including phenoxy) is 4. The van der Waals surface area contributed by atoms with Crippen molar-refractivity contribution in [3.05, 3.63) is 24.3 Å². The smallest absolute Gasteiger partial charge is 1.00 e. The first kappa shape index (κ1) is 112. The van der Waals surface area contributed by atoms with E-state index in [1.807, 2.05) is 0 Å². The number of aliphatic hydroxyl groups is 2. The SMILES string of the molecule is CCCCCC/C=C/CCCC(=O)O[C@H](CCCCCCC)CC(=O)NC(COCC[C@H](O)CCCCCCC)COP(=O)(O)OCCNC(=O)CC(=O)NCCOP(=O)(O)OCC(COCC[C@H](O)CCCCCCC)NC(=O)C[C@@H](CCCCCCCCCCC)OC(=O)CCC/C=C/CCCCCC.[H-].[H-].[Na+].[Na+]. The molecule has 0 heterocycles. The van der Waals surface area contributed by atoms with Gasteiger partial charge >= 0.3 is 86.7 Å². The predicted octanol–water partition coefficient (Wildman–Crippen LogP) is 11.6. The zero-order valence-corrected chi connectivity index (χ0v) is 75.5. The second-order valence-electron chi connectivity index (χ2n) is 28.9. The molecule has 0 saturated heterocycles. The van der Waals surface area contributed by atoms with Crippen LogP contribution in [0.1, 0.15) is 359 Å². The molecule has 0 spiro atoms. The summed E-state index contributed by atoms with van der Waals surface area (Å²) in [6.07, 6.45) is 47.7. The van der Waals surface area contributed by atoms with E-state index in [4.69, 9.17) is 37.0 Å². The Labute approximate surface area is 707 Å². The molecular formula is C81H156N4Na2O20P2. The largest absolute Gasteiger partial charge is 1.00 e. The van der Waals surface area contributed by atoms with Crippen LogP contribution in [-0.2, 0) is 74.9 Å². The number of allylic oxidation sites excluding steroid dienone is 4. The Morgan fingerprint density at radius 3 is 0.982 bits per heavy atom. The maximum absolute atomic E-state index is 13.8. The van der Waals surface area contributed by atoms with Crippen LogP contribution in [-0.4, -0.2) is 158 Å². The van der Waals surface area contributed by atoms with Crippen LogP contribution < -0.4 is 80.4 Å². The summed E-state index contributed by atoms with van der Waals surface area (Å²) in [6.45, 7) is 10.2. The minimum absolute atomic E-state index is 0. The number of phosphoric acid groups is 2. The molecule has 0 aliphatic rings. The van der Waals surface area contributed by atoms with Crippen molar-refractivity contribution >= 4 is 51.2 Å². The van der Waals surface area contributed by atoms with Crippen molar-refractivity contribution in [1.29, 1.82) is 0 Å². The normalized spacial score (nSPS) is 14.3. The molecule has 0 bridgehead atoms. The fourth-order valence-electron chi connectivity index (χ4n) is 11.9. The van der Waals surface area contributed by atoms with Crippen LogP contribution in [0.25, 0.3) is 0 Å². The van der Waals surface area contributed by atoms with Crippen LogP contribution >= 0.6 is 15.6 Å². The number of nitrogens with one attached hydrogen (secondary N) is 4. The fourth-order valence-corrected chi connectivity index (χ4v) is 13.5. The van der Waals surface area contributed by atoms with Gasteiger partial charge < -0.3 is 63.1 Å². The van der Waals surface area contributed by atoms with Gasteiger partial charge in [0.15, 0.2) is 0 Å². The first-order valence-corrected chi connectivity index (χ1v) is 45.3. The monoisotopic (exact) mass is 1610 g/mol. The van der Waals surface area contributed by atoms with Gasteiger partial charge in [0.25, 0.3) is 0 Å². The van der Waals surface area contributed by atoms with E-state index in [1.165, 1.54) is 70.6 Å². The molecule has 4 unspecified atom stereocenters. The molecule has 28 heteroatoms. The third-order valence-electron chi connectivity index (χ3n) is 18.4. The van der Waals surface area contributed by atoms with Crippen molar-refractivity contribution in [1.82, 2.24) is 21.3 Å². The first-order valence-electron chi connectivity index (χ1n) is 42.3. The van der Waals surface area contributed by atoms with Crippen molar-refractivity contribution < 1.29 is 157 Å². The second-order valence-corrected chi connectivity index (χ2v) is 31.8. The third-order valence-corrected chi connectivity index (χ3v) is 20.3. The van der Waals surface area contributed by atoms with Crippen LogP contribution in [0.3, 0.4) is 0 Å². The minimum Gasteiger partial charge on any atom is -1.00 e. The number of carbonyl (C=O) groups excluding carboxylic acids is 6. The molecule has 0 radical (unpaired) electrons. The predicted molar refractivity (Wildman–Crippen MR) is 428 cm³/mol. The molecule has 0 aromatic carbocycles. The number of hydrogen-bond acceptors (Lipinski definition) is 18. The van der Waals surface area contributed by atoms with Gasteiger partial charge in [-0.2, -0.15) is 0 Å². The third kappa shape index (κ3) is 77.4. The Hall–Kier alpha value is -1.64. The number of hydrogen-bond donors (Lipinski definition) is 8. The molecule has 24 nitrogen and oxygen atoms in total. The average Bonchev–Trinajstić information content (AvgIpc) is 0.900. The van der Waals surface area contributed by atoms with Crippen molar-refractivity contribution in [2.45, 2.75) is 393 Å². The Bertz CT molecular complexity index is 2350. The molecule has 0 aromatic heterocycles. The van der Waals surface area contributed by atoms with Gasteiger partial charge in [0.05, 0.1) is 76.8 Å². The van der Waals surface area contributed by atoms with Gasteiger partial charge in [-0.05, 0) is 103 Å². The summed E-state index contributed by atoms with van der Waals surface area (Å²) < 4.78 is 70.8. The van der Waals surface area contributed by atoms with Crippen LogP contribution in [0.15, 0.2) is 24.3 Å². The van der Waals surface area contributed by atoms with Gasteiger partial charge in [-0.15, -0.1) is 0 Å². The first-order chi connectivity index (χ1) is 51.7. The Balaban J connectivity index is -0.00000936. The van der Waals surface area contributed by atoms with E-state index in [0.717, 1.165) is 161 Å². The van der Waals surface area contributed by atoms with E-state index in [2.05, 4.69) is 87.1 Å². The number of amides is 4. The molecule has 0 aliphatic carbocycles. The van der Waals surface area contributed by atoms with E-state index in [-0.39, 0.29) is 139 Å². The summed E-state index contributed by atoms with van der Waals surface area (Å²) >= 11 is 0. The van der Waals surface area contributed by atoms with Gasteiger partial charge in [-0.3, -0.25) is 46.9 Å². The maximum atomic E-state index is 13.8. The number of aliphatic hydroxyl groups excluding tert-OH is 2. The van der Waals surface area contributed by atoms with Crippen LogP contribution in [0.4, 0.5) is 0 Å². The standard InChI is InChI=1S/C81H154N4O20P2.2Na.2H/c1-7-13-19-25-28-31-34-40-46-52-75(105-81(93)54-48-42-36-33-30-27-21-15-9-3)64-79(91)85-71(67-99-60-56-73(87)50-44-38-23-17-11-5)69-103-107(96,97)101-62-58-83-77(89)65-76(88)82-57-61-100-106(94,95)102-68-70(66-98-59-55-72(86)49-43-37-22-16-10-4)84-78(90)63-74(51-45-39-24-18-12-6)104-80(92)53-47-41-35-32-29-26-20-14-8-2;;;;/h32-33,35-36,70-75,86-87H,7-31,34,37-69H2,1-6H3,(H,82,88)(H,83,89)(H,84,90)(H,85,91)(H,94,95)(H,96,97);;;;/q;2*+1;2*-1/b35-32+,36-33+;;;;/t70?,71?,72-,73-,74-,75-;;;;/m1..../s1. The van der Waals surface area contributed by atoms with Crippen molar-refractivity contribution in [2.75, 3.05) is 65.9 Å². The minimum atomic E-state index is -4.82. The summed E-state index contributed by atoms with van der Waals surface area (Å²) in [4.78, 5) is 101. The number of unbranched alkanes of at least 4 members (excludes halogenated alkanes) is 30. The summed E-state index contributed by atoms with van der Waals surface area (Å²) in [5.41, 5.74) is 0. The molecule has 109 heavy (non-hydrogen) atoms. The Kier molecular flexibility index (Phi) is 82.0. The summed E-state index contributed by atoms with van der Waals surface area (Å²) in [5.74, 6) is -3.29. The molecule has 0 aromatic rings. The summed E-state index contributed by atoms with van der Waals surface area (Å²) in [5, 5.41) is 31.7. The van der Waals surface area contributed by atoms with Gasteiger partial charge in [-0.1, -0.05) is 246 Å². The zero-order chi connectivity index (χ0) is 79.0. The molecule has 8 N–H and O–H groups in total. The number of esters is 2. The van der Waals surface area contributed by atoms with Gasteiger partial charge in [0.1, 0.15) is 18.6 Å². The van der Waals surface area contributed by atoms with E-state index in [0.29, 0.717) is 51.4 Å². The Morgan fingerprint density at radius 1 is 0.358 bits per heavy atom. The second kappa shape index (κ2) is 80.2. The van der Waals surface area contributed by atoms with E-state index >= 15 is 0 Å². The molecule has 0 saturated carbocycles. The van der Waals surface area contributed by atoms with Crippen molar-refractivity contribution in [3.8, 4) is 0 Å². The molecule has 0 rings (SSSR count). The maximum Gasteiger partial charge on any atom is 1.00 e. The molecular weight excluding hydrogens is 1460 g/mol. The Morgan fingerprint density at radius 2 is 0.651 bits per heavy atom. The summed E-state index contributed by atoms with van der Waals surface area (Å²) in [7, 11) is -9.63. The fraction of sp³-hybridized carbons (Fsp3) is 0.877. The molecule has 632 valence electrons. The van der Waals surface area contributed by atoms with Crippen LogP contribution in [0.2, 0.25) is 0 Å². The number of rotatable bonds is 80. The molecule has 0 fully saturated rings. The van der Waals surface area contributed by atoms with Crippen molar-refractivity contribution in [2.24, 2.45) is 0 Å². The zero-order valence-electron chi connectivity index (χ0n) is 71.7. The number of carbonyl (C=O) groups is 6. The number of phosphoric ester groups is 2. The van der Waals surface area contributed by atoms with E-state index in [1.54, 1.807) is 0 Å². The molecule has 8 atom stereocenters. The van der Waals surface area contributed by atoms with Crippen molar-refractivity contribution in [3.63, 3.8) is 0 Å². The summed E-state index contributed by atoms with van der Waals surface area (Å²) in [6, 6.07) is -1.92. The van der Waals surface area contributed by atoms with E-state index in [9.17, 15) is 57.9 Å². The van der Waals surface area contributed by atoms with Crippen LogP contribution in [0, 0.1) is 0 Å². The molecule has 0 aliphatic heterocycles.